The molecule has 1 heterocycles. The van der Waals surface area contributed by atoms with E-state index in [1.807, 2.05) is 6.92 Å². The fourth-order valence-electron chi connectivity index (χ4n) is 2.53. The fraction of sp³-hybridized carbons (Fsp3) is 0.190. The molecule has 0 fully saturated rings. The van der Waals surface area contributed by atoms with Gasteiger partial charge in [0.15, 0.2) is 11.5 Å². The van der Waals surface area contributed by atoms with Crippen LogP contribution in [0.1, 0.15) is 23.9 Å². The number of carboxylic acids is 1. The van der Waals surface area contributed by atoms with Crippen molar-refractivity contribution in [1.29, 1.82) is 0 Å². The molecule has 3 aromatic rings. The first-order chi connectivity index (χ1) is 14.5. The van der Waals surface area contributed by atoms with Crippen LogP contribution in [0.15, 0.2) is 52.5 Å². The van der Waals surface area contributed by atoms with E-state index in [-0.39, 0.29) is 17.3 Å². The molecular formula is C21H20FN3O4S. The topological polar surface area (TPSA) is 97.3 Å². The van der Waals surface area contributed by atoms with E-state index in [4.69, 9.17) is 9.47 Å². The highest BCUT2D eigenvalue weighted by molar-refractivity contribution is 8.04. The monoisotopic (exact) mass is 429 g/mol. The molecule has 0 aliphatic heterocycles. The number of halogens is 1. The SMILES string of the molecule is CCc1nc(S/C(=C\c2ccc(OCc3ccccc3F)c(OC)c2)C(=O)O)n[nH]1. The molecule has 0 aliphatic carbocycles. The number of nitrogens with zero attached hydrogens (tertiary/aromatic N) is 2. The van der Waals surface area contributed by atoms with Gasteiger partial charge in [-0.25, -0.2) is 14.2 Å². The number of carbonyl (C=O) groups is 1. The third-order valence-electron chi connectivity index (χ3n) is 4.08. The molecule has 0 atom stereocenters. The standard InChI is InChI=1S/C21H20FN3O4S/c1-3-19-23-21(25-24-19)30-18(20(26)27)11-13-8-9-16(17(10-13)28-2)29-12-14-6-4-5-7-15(14)22/h4-11H,3,12H2,1-2H3,(H,26,27)(H,23,24,25)/b18-11-. The van der Waals surface area contributed by atoms with E-state index in [2.05, 4.69) is 15.2 Å². The average molecular weight is 429 g/mol. The molecule has 7 nitrogen and oxygen atoms in total. The maximum Gasteiger partial charge on any atom is 0.342 e. The minimum Gasteiger partial charge on any atom is -0.493 e. The minimum atomic E-state index is -1.10. The van der Waals surface area contributed by atoms with Crippen LogP contribution in [-0.4, -0.2) is 33.4 Å². The van der Waals surface area contributed by atoms with Crippen molar-refractivity contribution in [3.63, 3.8) is 0 Å². The van der Waals surface area contributed by atoms with Crippen LogP contribution in [-0.2, 0) is 17.8 Å². The number of aliphatic carboxylic acids is 1. The maximum absolute atomic E-state index is 13.8. The van der Waals surface area contributed by atoms with Crippen molar-refractivity contribution in [3.8, 4) is 11.5 Å². The number of ether oxygens (including phenoxy) is 2. The van der Waals surface area contributed by atoms with Crippen LogP contribution >= 0.6 is 11.8 Å². The van der Waals surface area contributed by atoms with Gasteiger partial charge in [-0.2, -0.15) is 0 Å². The number of rotatable bonds is 9. The zero-order valence-corrected chi connectivity index (χ0v) is 17.2. The van der Waals surface area contributed by atoms with Crippen LogP contribution in [0.3, 0.4) is 0 Å². The molecule has 1 aromatic heterocycles. The summed E-state index contributed by atoms with van der Waals surface area (Å²) in [5, 5.41) is 16.6. The molecule has 0 spiro atoms. The van der Waals surface area contributed by atoms with E-state index in [1.165, 1.54) is 19.3 Å². The Morgan fingerprint density at radius 2 is 2.07 bits per heavy atom. The van der Waals surface area contributed by atoms with E-state index in [0.717, 1.165) is 11.8 Å². The van der Waals surface area contributed by atoms with Crippen molar-refractivity contribution in [1.82, 2.24) is 15.2 Å². The zero-order valence-electron chi connectivity index (χ0n) is 16.4. The predicted octanol–water partition coefficient (Wildman–Crippen LogP) is 4.31. The molecule has 0 saturated heterocycles. The molecule has 0 bridgehead atoms. The van der Waals surface area contributed by atoms with Gasteiger partial charge in [-0.3, -0.25) is 5.10 Å². The number of H-pyrrole nitrogens is 1. The summed E-state index contributed by atoms with van der Waals surface area (Å²) in [5.74, 6) is 0.0595. The second-order valence-electron chi connectivity index (χ2n) is 6.12. The third-order valence-corrected chi connectivity index (χ3v) is 4.96. The van der Waals surface area contributed by atoms with Crippen molar-refractivity contribution in [2.75, 3.05) is 7.11 Å². The molecular weight excluding hydrogens is 409 g/mol. The first-order valence-corrected chi connectivity index (χ1v) is 9.90. The highest BCUT2D eigenvalue weighted by Crippen LogP contribution is 2.32. The highest BCUT2D eigenvalue weighted by atomic mass is 32.2. The summed E-state index contributed by atoms with van der Waals surface area (Å²) >= 11 is 0.949. The number of aromatic amines is 1. The van der Waals surface area contributed by atoms with Crippen LogP contribution in [0.5, 0.6) is 11.5 Å². The van der Waals surface area contributed by atoms with Crippen LogP contribution in [0.25, 0.3) is 6.08 Å². The van der Waals surface area contributed by atoms with E-state index >= 15 is 0 Å². The lowest BCUT2D eigenvalue weighted by Crippen LogP contribution is -2.00. The summed E-state index contributed by atoms with van der Waals surface area (Å²) < 4.78 is 24.8. The van der Waals surface area contributed by atoms with Gasteiger partial charge in [0, 0.05) is 12.0 Å². The summed E-state index contributed by atoms with van der Waals surface area (Å²) in [6.07, 6.45) is 2.17. The Morgan fingerprint density at radius 3 is 2.73 bits per heavy atom. The summed E-state index contributed by atoms with van der Waals surface area (Å²) in [5.41, 5.74) is 1.02. The number of thioether (sulfide) groups is 1. The van der Waals surface area contributed by atoms with Gasteiger partial charge in [-0.15, -0.1) is 5.10 Å². The quantitative estimate of drug-likeness (QED) is 0.386. The number of hydrogen-bond acceptors (Lipinski definition) is 6. The van der Waals surface area contributed by atoms with Gasteiger partial charge in [0.05, 0.1) is 7.11 Å². The van der Waals surface area contributed by atoms with Gasteiger partial charge in [0.1, 0.15) is 23.2 Å². The van der Waals surface area contributed by atoms with Crippen LogP contribution in [0, 0.1) is 5.82 Å². The lowest BCUT2D eigenvalue weighted by molar-refractivity contribution is -0.131. The van der Waals surface area contributed by atoms with Crippen LogP contribution in [0.2, 0.25) is 0 Å². The summed E-state index contributed by atoms with van der Waals surface area (Å²) in [6, 6.07) is 11.3. The van der Waals surface area contributed by atoms with Crippen LogP contribution in [0.4, 0.5) is 4.39 Å². The minimum absolute atomic E-state index is 0.0407. The Bertz CT molecular complexity index is 1070. The van der Waals surface area contributed by atoms with Gasteiger partial charge < -0.3 is 14.6 Å². The van der Waals surface area contributed by atoms with Gasteiger partial charge >= 0.3 is 5.97 Å². The Morgan fingerprint density at radius 1 is 1.27 bits per heavy atom. The number of nitrogens with one attached hydrogen (secondary N) is 1. The third kappa shape index (κ3) is 5.38. The Balaban J connectivity index is 1.79. The van der Waals surface area contributed by atoms with Gasteiger partial charge in [-0.05, 0) is 41.6 Å². The van der Waals surface area contributed by atoms with E-state index in [1.54, 1.807) is 36.4 Å². The molecule has 30 heavy (non-hydrogen) atoms. The first-order valence-electron chi connectivity index (χ1n) is 9.08. The molecule has 3 rings (SSSR count). The van der Waals surface area contributed by atoms with E-state index < -0.39 is 5.97 Å². The second-order valence-corrected chi connectivity index (χ2v) is 7.13. The Hall–Kier alpha value is -3.33. The van der Waals surface area contributed by atoms with Gasteiger partial charge in [0.2, 0.25) is 5.16 Å². The maximum atomic E-state index is 13.8. The predicted molar refractivity (Wildman–Crippen MR) is 111 cm³/mol. The number of hydrogen-bond donors (Lipinski definition) is 2. The number of methoxy groups -OCH3 is 1. The molecule has 2 aromatic carbocycles. The molecule has 0 amide bonds. The van der Waals surface area contributed by atoms with Crippen molar-refractivity contribution >= 4 is 23.8 Å². The average Bonchev–Trinajstić information content (AvgIpc) is 3.20. The van der Waals surface area contributed by atoms with Crippen LogP contribution < -0.4 is 9.47 Å². The summed E-state index contributed by atoms with van der Waals surface area (Å²) in [4.78, 5) is 15.9. The Labute approximate surface area is 176 Å². The molecule has 0 radical (unpaired) electrons. The lowest BCUT2D eigenvalue weighted by atomic mass is 10.2. The summed E-state index contributed by atoms with van der Waals surface area (Å²) in [7, 11) is 1.48. The number of aryl methyl sites for hydroxylation is 1. The van der Waals surface area contributed by atoms with E-state index in [9.17, 15) is 14.3 Å². The molecule has 0 unspecified atom stereocenters. The normalized spacial score (nSPS) is 11.4. The molecule has 156 valence electrons. The molecule has 0 aliphatic rings. The van der Waals surface area contributed by atoms with Crippen molar-refractivity contribution in [2.24, 2.45) is 0 Å². The summed E-state index contributed by atoms with van der Waals surface area (Å²) in [6.45, 7) is 1.96. The van der Waals surface area contributed by atoms with Gasteiger partial charge in [-0.1, -0.05) is 31.2 Å². The van der Waals surface area contributed by atoms with E-state index in [0.29, 0.717) is 40.0 Å². The zero-order chi connectivity index (χ0) is 21.5. The molecule has 0 saturated carbocycles. The molecule has 2 N–H and O–H groups in total. The smallest absolute Gasteiger partial charge is 0.342 e. The Kier molecular flexibility index (Phi) is 7.08. The van der Waals surface area contributed by atoms with Crippen molar-refractivity contribution in [3.05, 3.63) is 70.1 Å². The van der Waals surface area contributed by atoms with Crippen molar-refractivity contribution < 1.29 is 23.8 Å². The van der Waals surface area contributed by atoms with Gasteiger partial charge in [0.25, 0.3) is 0 Å². The van der Waals surface area contributed by atoms with Crippen molar-refractivity contribution in [2.45, 2.75) is 25.1 Å². The first kappa shape index (κ1) is 21.4. The number of carboxylic acid groups (broad SMARTS) is 1. The largest absolute Gasteiger partial charge is 0.493 e. The second kappa shape index (κ2) is 9.93. The lowest BCUT2D eigenvalue weighted by Gasteiger charge is -2.12. The number of benzene rings is 2. The molecule has 9 heteroatoms. The fourth-order valence-corrected chi connectivity index (χ4v) is 3.26. The number of aromatic nitrogens is 3. The highest BCUT2D eigenvalue weighted by Gasteiger charge is 2.14.